The highest BCUT2D eigenvalue weighted by atomic mass is 32.1. The molecule has 0 bridgehead atoms. The van der Waals surface area contributed by atoms with Crippen LogP contribution in [0.3, 0.4) is 0 Å². The Morgan fingerprint density at radius 1 is 1.53 bits per heavy atom. The fourth-order valence-electron chi connectivity index (χ4n) is 2.20. The first-order valence-electron chi connectivity index (χ1n) is 5.17. The minimum absolute atomic E-state index is 0.428. The number of carboxylic acid groups (broad SMARTS) is 1. The van der Waals surface area contributed by atoms with Gasteiger partial charge in [-0.2, -0.15) is 0 Å². The van der Waals surface area contributed by atoms with Gasteiger partial charge in [0.05, 0.1) is 5.00 Å². The minimum atomic E-state index is -0.828. The number of carbonyl (C=O) groups is 1. The van der Waals surface area contributed by atoms with E-state index in [1.165, 1.54) is 17.8 Å². The van der Waals surface area contributed by atoms with Crippen molar-refractivity contribution in [2.24, 2.45) is 5.92 Å². The van der Waals surface area contributed by atoms with Crippen molar-refractivity contribution >= 4 is 22.3 Å². The van der Waals surface area contributed by atoms with E-state index in [0.29, 0.717) is 16.8 Å². The summed E-state index contributed by atoms with van der Waals surface area (Å²) in [5, 5.41) is 9.94. The van der Waals surface area contributed by atoms with Crippen LogP contribution < -0.4 is 4.90 Å². The van der Waals surface area contributed by atoms with Gasteiger partial charge in [-0.3, -0.25) is 0 Å². The lowest BCUT2D eigenvalue weighted by atomic mass is 10.1. The Kier molecular flexibility index (Phi) is 2.69. The Morgan fingerprint density at radius 3 is 2.73 bits per heavy atom. The number of anilines is 1. The molecule has 15 heavy (non-hydrogen) atoms. The number of hydrogen-bond donors (Lipinski definition) is 1. The van der Waals surface area contributed by atoms with Gasteiger partial charge in [0, 0.05) is 12.6 Å². The van der Waals surface area contributed by atoms with E-state index < -0.39 is 5.97 Å². The highest BCUT2D eigenvalue weighted by Crippen LogP contribution is 2.33. The molecule has 0 spiro atoms. The van der Waals surface area contributed by atoms with Gasteiger partial charge in [-0.05, 0) is 31.4 Å². The number of nitrogens with zero attached hydrogens (tertiary/aromatic N) is 1. The van der Waals surface area contributed by atoms with Gasteiger partial charge in [-0.15, -0.1) is 11.3 Å². The molecule has 0 amide bonds. The maximum Gasteiger partial charge on any atom is 0.345 e. The van der Waals surface area contributed by atoms with E-state index in [9.17, 15) is 4.79 Å². The van der Waals surface area contributed by atoms with E-state index in [1.54, 1.807) is 6.07 Å². The van der Waals surface area contributed by atoms with Crippen molar-refractivity contribution in [1.29, 1.82) is 0 Å². The van der Waals surface area contributed by atoms with Crippen LogP contribution >= 0.6 is 11.3 Å². The summed E-state index contributed by atoms with van der Waals surface area (Å²) in [4.78, 5) is 13.5. The molecule has 0 aliphatic carbocycles. The minimum Gasteiger partial charge on any atom is -0.477 e. The van der Waals surface area contributed by atoms with Gasteiger partial charge in [0.25, 0.3) is 0 Å². The zero-order chi connectivity index (χ0) is 11.0. The molecule has 0 radical (unpaired) electrons. The molecule has 1 aliphatic heterocycles. The van der Waals surface area contributed by atoms with Crippen LogP contribution in [0.4, 0.5) is 5.00 Å². The molecule has 2 rings (SSSR count). The Labute approximate surface area is 93.3 Å². The molecule has 1 N–H and O–H groups in total. The molecule has 1 aliphatic rings. The average molecular weight is 225 g/mol. The molecule has 3 nitrogen and oxygen atoms in total. The molecule has 0 aromatic carbocycles. The SMILES string of the molecule is CC1CC(C)N(c2ccc(C(=O)O)s2)C1. The summed E-state index contributed by atoms with van der Waals surface area (Å²) in [6.45, 7) is 5.48. The molecule has 1 aromatic heterocycles. The highest BCUT2D eigenvalue weighted by molar-refractivity contribution is 7.17. The second-order valence-corrected chi connectivity index (χ2v) is 5.35. The Hall–Kier alpha value is -1.03. The number of aromatic carboxylic acids is 1. The quantitative estimate of drug-likeness (QED) is 0.841. The smallest absolute Gasteiger partial charge is 0.345 e. The molecule has 4 heteroatoms. The molecular weight excluding hydrogens is 210 g/mol. The number of rotatable bonds is 2. The maximum absolute atomic E-state index is 10.8. The zero-order valence-corrected chi connectivity index (χ0v) is 9.75. The van der Waals surface area contributed by atoms with E-state index in [4.69, 9.17) is 5.11 Å². The predicted molar refractivity (Wildman–Crippen MR) is 61.9 cm³/mol. The summed E-state index contributed by atoms with van der Waals surface area (Å²) in [6.07, 6.45) is 1.19. The molecule has 1 aromatic rings. The topological polar surface area (TPSA) is 40.5 Å². The van der Waals surface area contributed by atoms with Crippen molar-refractivity contribution in [3.8, 4) is 0 Å². The van der Waals surface area contributed by atoms with Gasteiger partial charge >= 0.3 is 5.97 Å². The Balaban J connectivity index is 2.19. The maximum atomic E-state index is 10.8. The highest BCUT2D eigenvalue weighted by Gasteiger charge is 2.27. The lowest BCUT2D eigenvalue weighted by Crippen LogP contribution is -2.25. The average Bonchev–Trinajstić information content (AvgIpc) is 2.71. The summed E-state index contributed by atoms with van der Waals surface area (Å²) < 4.78 is 0. The fourth-order valence-corrected chi connectivity index (χ4v) is 3.16. The summed E-state index contributed by atoms with van der Waals surface area (Å²) in [6, 6.07) is 4.14. The largest absolute Gasteiger partial charge is 0.477 e. The summed E-state index contributed by atoms with van der Waals surface area (Å²) in [5.74, 6) is -0.124. The number of carboxylic acids is 1. The van der Waals surface area contributed by atoms with Gasteiger partial charge in [-0.25, -0.2) is 4.79 Å². The second-order valence-electron chi connectivity index (χ2n) is 4.29. The zero-order valence-electron chi connectivity index (χ0n) is 8.93. The van der Waals surface area contributed by atoms with Gasteiger partial charge in [-0.1, -0.05) is 6.92 Å². The van der Waals surface area contributed by atoms with E-state index >= 15 is 0 Å². The van der Waals surface area contributed by atoms with E-state index in [0.717, 1.165) is 11.5 Å². The molecule has 1 fully saturated rings. The van der Waals surface area contributed by atoms with Crippen LogP contribution in [0.1, 0.15) is 29.9 Å². The van der Waals surface area contributed by atoms with Crippen molar-refractivity contribution in [1.82, 2.24) is 0 Å². The molecule has 1 saturated heterocycles. The number of hydrogen-bond acceptors (Lipinski definition) is 3. The first-order valence-corrected chi connectivity index (χ1v) is 5.99. The van der Waals surface area contributed by atoms with Crippen LogP contribution in [0.25, 0.3) is 0 Å². The van der Waals surface area contributed by atoms with Gasteiger partial charge < -0.3 is 10.0 Å². The second kappa shape index (κ2) is 3.85. The first-order chi connectivity index (χ1) is 7.08. The Morgan fingerprint density at radius 2 is 2.27 bits per heavy atom. The van der Waals surface area contributed by atoms with E-state index in [1.807, 2.05) is 6.07 Å². The van der Waals surface area contributed by atoms with Crippen LogP contribution in [0, 0.1) is 5.92 Å². The third kappa shape index (κ3) is 2.00. The molecule has 2 atom stereocenters. The van der Waals surface area contributed by atoms with Gasteiger partial charge in [0.15, 0.2) is 0 Å². The van der Waals surface area contributed by atoms with Crippen LogP contribution in [0.5, 0.6) is 0 Å². The van der Waals surface area contributed by atoms with Crippen molar-refractivity contribution in [2.75, 3.05) is 11.4 Å². The van der Waals surface area contributed by atoms with Crippen LogP contribution in [0.15, 0.2) is 12.1 Å². The third-order valence-electron chi connectivity index (χ3n) is 2.87. The van der Waals surface area contributed by atoms with Gasteiger partial charge in [0.2, 0.25) is 0 Å². The van der Waals surface area contributed by atoms with Gasteiger partial charge in [0.1, 0.15) is 4.88 Å². The summed E-state index contributed by atoms with van der Waals surface area (Å²) in [7, 11) is 0. The third-order valence-corrected chi connectivity index (χ3v) is 3.98. The Bertz CT molecular complexity index is 374. The number of thiophene rings is 1. The molecule has 0 saturated carbocycles. The summed E-state index contributed by atoms with van der Waals surface area (Å²) in [5.41, 5.74) is 0. The van der Waals surface area contributed by atoms with Crippen LogP contribution in [0.2, 0.25) is 0 Å². The predicted octanol–water partition coefficient (Wildman–Crippen LogP) is 2.68. The standard InChI is InChI=1S/C11H15NO2S/c1-7-5-8(2)12(6-7)10-4-3-9(15-10)11(13)14/h3-4,7-8H,5-6H2,1-2H3,(H,13,14). The summed E-state index contributed by atoms with van der Waals surface area (Å²) >= 11 is 1.37. The van der Waals surface area contributed by atoms with Crippen molar-refractivity contribution in [3.63, 3.8) is 0 Å². The molecule has 2 heterocycles. The molecule has 82 valence electrons. The van der Waals surface area contributed by atoms with Crippen molar-refractivity contribution in [3.05, 3.63) is 17.0 Å². The van der Waals surface area contributed by atoms with Crippen molar-refractivity contribution in [2.45, 2.75) is 26.3 Å². The normalized spacial score (nSPS) is 25.9. The molecular formula is C11H15NO2S. The first kappa shape index (κ1) is 10.5. The molecule has 2 unspecified atom stereocenters. The lowest BCUT2D eigenvalue weighted by molar-refractivity contribution is 0.0702. The van der Waals surface area contributed by atoms with Crippen molar-refractivity contribution < 1.29 is 9.90 Å². The van der Waals surface area contributed by atoms with E-state index in [-0.39, 0.29) is 0 Å². The van der Waals surface area contributed by atoms with E-state index in [2.05, 4.69) is 18.7 Å². The fraction of sp³-hybridized carbons (Fsp3) is 0.545. The monoisotopic (exact) mass is 225 g/mol. The lowest BCUT2D eigenvalue weighted by Gasteiger charge is -2.21. The van der Waals surface area contributed by atoms with Crippen LogP contribution in [-0.4, -0.2) is 23.7 Å². The van der Waals surface area contributed by atoms with Crippen LogP contribution in [-0.2, 0) is 0 Å².